The molecule has 0 fully saturated rings. The van der Waals surface area contributed by atoms with Crippen LogP contribution in [0.5, 0.6) is 0 Å². The van der Waals surface area contributed by atoms with Crippen molar-refractivity contribution in [3.63, 3.8) is 0 Å². The SMILES string of the molecule is CCC(CC(C)C(=O)OC(C)(CC)CC)C(=O)OC(C)(C)C. The highest BCUT2D eigenvalue weighted by Crippen LogP contribution is 2.25. The molecule has 0 saturated heterocycles. The van der Waals surface area contributed by atoms with Crippen LogP contribution in [-0.4, -0.2) is 23.1 Å². The Morgan fingerprint density at radius 2 is 1.41 bits per heavy atom. The summed E-state index contributed by atoms with van der Waals surface area (Å²) < 4.78 is 11.1. The lowest BCUT2D eigenvalue weighted by Crippen LogP contribution is -2.34. The van der Waals surface area contributed by atoms with Crippen molar-refractivity contribution in [1.82, 2.24) is 0 Å². The van der Waals surface area contributed by atoms with Crippen LogP contribution in [0.2, 0.25) is 0 Å². The summed E-state index contributed by atoms with van der Waals surface area (Å²) in [6.07, 6.45) is 2.69. The highest BCUT2D eigenvalue weighted by atomic mass is 16.6. The Hall–Kier alpha value is -1.06. The minimum Gasteiger partial charge on any atom is -0.460 e. The van der Waals surface area contributed by atoms with Crippen LogP contribution < -0.4 is 0 Å². The molecule has 0 aliphatic carbocycles. The topological polar surface area (TPSA) is 52.6 Å². The Kier molecular flexibility index (Phi) is 8.13. The van der Waals surface area contributed by atoms with Gasteiger partial charge in [0.15, 0.2) is 0 Å². The number of rotatable bonds is 8. The molecule has 130 valence electrons. The van der Waals surface area contributed by atoms with E-state index in [2.05, 4.69) is 0 Å². The number of hydrogen-bond acceptors (Lipinski definition) is 4. The van der Waals surface area contributed by atoms with Crippen LogP contribution in [0.1, 0.15) is 81.1 Å². The Morgan fingerprint density at radius 1 is 0.909 bits per heavy atom. The molecule has 0 rings (SSSR count). The fourth-order valence-corrected chi connectivity index (χ4v) is 2.08. The molecule has 0 aliphatic heterocycles. The number of carbonyl (C=O) groups excluding carboxylic acids is 2. The molecule has 0 radical (unpaired) electrons. The predicted molar refractivity (Wildman–Crippen MR) is 88.5 cm³/mol. The zero-order chi connectivity index (χ0) is 17.6. The third kappa shape index (κ3) is 7.28. The first-order valence-corrected chi connectivity index (χ1v) is 8.43. The highest BCUT2D eigenvalue weighted by molar-refractivity contribution is 5.76. The summed E-state index contributed by atoms with van der Waals surface area (Å²) in [5, 5.41) is 0. The lowest BCUT2D eigenvalue weighted by atomic mass is 9.93. The van der Waals surface area contributed by atoms with Gasteiger partial charge in [0.2, 0.25) is 0 Å². The summed E-state index contributed by atoms with van der Waals surface area (Å²) in [6, 6.07) is 0. The van der Waals surface area contributed by atoms with E-state index in [4.69, 9.17) is 9.47 Å². The molecule has 0 amide bonds. The van der Waals surface area contributed by atoms with Crippen molar-refractivity contribution in [3.8, 4) is 0 Å². The van der Waals surface area contributed by atoms with Crippen LogP contribution in [0.4, 0.5) is 0 Å². The van der Waals surface area contributed by atoms with Gasteiger partial charge in [-0.25, -0.2) is 0 Å². The van der Waals surface area contributed by atoms with Crippen LogP contribution in [0, 0.1) is 11.8 Å². The molecule has 0 saturated carbocycles. The summed E-state index contributed by atoms with van der Waals surface area (Å²) in [6.45, 7) is 15.3. The Balaban J connectivity index is 4.69. The Labute approximate surface area is 135 Å². The molecule has 4 heteroatoms. The van der Waals surface area contributed by atoms with Gasteiger partial charge in [-0.1, -0.05) is 27.7 Å². The summed E-state index contributed by atoms with van der Waals surface area (Å²) in [7, 11) is 0. The van der Waals surface area contributed by atoms with Crippen LogP contribution >= 0.6 is 0 Å². The summed E-state index contributed by atoms with van der Waals surface area (Å²) in [4.78, 5) is 24.4. The van der Waals surface area contributed by atoms with Gasteiger partial charge in [0.25, 0.3) is 0 Å². The Bertz CT molecular complexity index is 364. The molecule has 4 nitrogen and oxygen atoms in total. The largest absolute Gasteiger partial charge is 0.460 e. The zero-order valence-corrected chi connectivity index (χ0v) is 15.6. The monoisotopic (exact) mass is 314 g/mol. The van der Waals surface area contributed by atoms with Crippen molar-refractivity contribution in [2.75, 3.05) is 0 Å². The molecule has 0 aromatic heterocycles. The quantitative estimate of drug-likeness (QED) is 0.619. The molecule has 2 unspecified atom stereocenters. The van der Waals surface area contributed by atoms with Crippen LogP contribution in [0.25, 0.3) is 0 Å². The third-order valence-electron chi connectivity index (χ3n) is 4.12. The van der Waals surface area contributed by atoms with Gasteiger partial charge in [0.05, 0.1) is 11.8 Å². The van der Waals surface area contributed by atoms with E-state index < -0.39 is 11.2 Å². The fourth-order valence-electron chi connectivity index (χ4n) is 2.08. The van der Waals surface area contributed by atoms with Crippen LogP contribution in [0.3, 0.4) is 0 Å². The van der Waals surface area contributed by atoms with Crippen molar-refractivity contribution < 1.29 is 19.1 Å². The van der Waals surface area contributed by atoms with Gasteiger partial charge in [-0.2, -0.15) is 0 Å². The fraction of sp³-hybridized carbons (Fsp3) is 0.889. The molecule has 0 bridgehead atoms. The van der Waals surface area contributed by atoms with Crippen LogP contribution in [0.15, 0.2) is 0 Å². The van der Waals surface area contributed by atoms with Gasteiger partial charge in [0, 0.05) is 0 Å². The molecule has 0 aromatic rings. The molecule has 2 atom stereocenters. The van der Waals surface area contributed by atoms with Gasteiger partial charge in [-0.3, -0.25) is 9.59 Å². The van der Waals surface area contributed by atoms with Crippen molar-refractivity contribution in [3.05, 3.63) is 0 Å². The molecule has 0 aromatic carbocycles. The maximum atomic E-state index is 12.3. The van der Waals surface area contributed by atoms with E-state index in [-0.39, 0.29) is 23.8 Å². The summed E-state index contributed by atoms with van der Waals surface area (Å²) >= 11 is 0. The summed E-state index contributed by atoms with van der Waals surface area (Å²) in [5.41, 5.74) is -0.920. The minimum absolute atomic E-state index is 0.229. The number of hydrogen-bond donors (Lipinski definition) is 0. The maximum Gasteiger partial charge on any atom is 0.309 e. The smallest absolute Gasteiger partial charge is 0.309 e. The lowest BCUT2D eigenvalue weighted by molar-refractivity contribution is -0.166. The number of esters is 2. The minimum atomic E-state index is -0.503. The molecule has 0 heterocycles. The van der Waals surface area contributed by atoms with E-state index in [1.807, 2.05) is 55.4 Å². The zero-order valence-electron chi connectivity index (χ0n) is 15.6. The van der Waals surface area contributed by atoms with E-state index in [9.17, 15) is 9.59 Å². The average Bonchev–Trinajstić information content (AvgIpc) is 2.42. The number of ether oxygens (including phenoxy) is 2. The second-order valence-electron chi connectivity index (χ2n) is 7.35. The molecular weight excluding hydrogens is 280 g/mol. The second kappa shape index (κ2) is 8.54. The van der Waals surface area contributed by atoms with E-state index >= 15 is 0 Å². The van der Waals surface area contributed by atoms with E-state index in [0.29, 0.717) is 12.8 Å². The van der Waals surface area contributed by atoms with Gasteiger partial charge < -0.3 is 9.47 Å². The molecular formula is C18H34O4. The van der Waals surface area contributed by atoms with Gasteiger partial charge in [-0.15, -0.1) is 0 Å². The van der Waals surface area contributed by atoms with Gasteiger partial charge in [-0.05, 0) is 53.4 Å². The van der Waals surface area contributed by atoms with E-state index in [1.54, 1.807) is 0 Å². The van der Waals surface area contributed by atoms with Crippen molar-refractivity contribution in [1.29, 1.82) is 0 Å². The Morgan fingerprint density at radius 3 is 1.77 bits per heavy atom. The normalized spacial score (nSPS) is 15.1. The maximum absolute atomic E-state index is 12.3. The van der Waals surface area contributed by atoms with Crippen LogP contribution in [-0.2, 0) is 19.1 Å². The molecule has 0 aliphatic rings. The van der Waals surface area contributed by atoms with Gasteiger partial charge >= 0.3 is 11.9 Å². The third-order valence-corrected chi connectivity index (χ3v) is 4.12. The second-order valence-corrected chi connectivity index (χ2v) is 7.35. The summed E-state index contributed by atoms with van der Waals surface area (Å²) in [5.74, 6) is -1.04. The first-order valence-electron chi connectivity index (χ1n) is 8.43. The first-order chi connectivity index (χ1) is 9.98. The average molecular weight is 314 g/mol. The van der Waals surface area contributed by atoms with Crippen molar-refractivity contribution in [2.45, 2.75) is 92.3 Å². The molecule has 0 spiro atoms. The number of carbonyl (C=O) groups is 2. The standard InChI is InChI=1S/C18H34O4/c1-9-14(16(20)21-17(5,6)7)12-13(4)15(19)22-18(8,10-2)11-3/h13-14H,9-12H2,1-8H3. The van der Waals surface area contributed by atoms with Crippen molar-refractivity contribution in [2.24, 2.45) is 11.8 Å². The lowest BCUT2D eigenvalue weighted by Gasteiger charge is -2.29. The molecule has 22 heavy (non-hydrogen) atoms. The van der Waals surface area contributed by atoms with E-state index in [1.165, 1.54) is 0 Å². The van der Waals surface area contributed by atoms with Crippen molar-refractivity contribution >= 4 is 11.9 Å². The predicted octanol–water partition coefficient (Wildman–Crippen LogP) is 4.50. The van der Waals surface area contributed by atoms with E-state index in [0.717, 1.165) is 12.8 Å². The molecule has 0 N–H and O–H groups in total. The highest BCUT2D eigenvalue weighted by Gasteiger charge is 2.31. The first kappa shape index (κ1) is 20.9. The van der Waals surface area contributed by atoms with Gasteiger partial charge in [0.1, 0.15) is 11.2 Å².